The molecule has 6 nitrogen and oxygen atoms in total. The predicted molar refractivity (Wildman–Crippen MR) is 261 cm³/mol. The summed E-state index contributed by atoms with van der Waals surface area (Å²) in [7, 11) is 0. The molecule has 67 heavy (non-hydrogen) atoms. The first-order valence-electron chi connectivity index (χ1n) is 26.7. The smallest absolute Gasteiger partial charge is 0.550 e. The average molecular weight is 956 g/mol. The number of carboxylic acid groups (broad SMARTS) is 3. The van der Waals surface area contributed by atoms with Gasteiger partial charge in [0.1, 0.15) is 0 Å². The standard InChI is InChI=1S/3C20H30O2.Cr/c3*1-13(2)14-6-8-16-15(12-14)7-9-17-19(16,3)10-5-11-20(17,4)18(21)22;/h3*7,12-13,16-17H,5-6,8-11H2,1-4H3,(H,21,22);/q;;;+3/p-3/t3*16-,17?,19+,20+;/m000./s1. The van der Waals surface area contributed by atoms with Gasteiger partial charge in [-0.3, -0.25) is 0 Å². The van der Waals surface area contributed by atoms with Gasteiger partial charge in [0.25, 0.3) is 0 Å². The van der Waals surface area contributed by atoms with Gasteiger partial charge < -0.3 is 29.7 Å². The summed E-state index contributed by atoms with van der Waals surface area (Å²) in [5, 5.41) is 35.5. The quantitative estimate of drug-likeness (QED) is 0.261. The van der Waals surface area contributed by atoms with Gasteiger partial charge in [-0.05, 0) is 183 Å². The second-order valence-electron chi connectivity index (χ2n) is 25.6. The van der Waals surface area contributed by atoms with Crippen LogP contribution in [0.5, 0.6) is 0 Å². The zero-order valence-corrected chi connectivity index (χ0v) is 45.0. The Balaban J connectivity index is 0.000000165. The van der Waals surface area contributed by atoms with Gasteiger partial charge in [0, 0.05) is 34.2 Å². The van der Waals surface area contributed by atoms with Crippen LogP contribution in [0.3, 0.4) is 0 Å². The Morgan fingerprint density at radius 3 is 0.896 bits per heavy atom. The van der Waals surface area contributed by atoms with Gasteiger partial charge in [-0.25, -0.2) is 0 Å². The fourth-order valence-electron chi connectivity index (χ4n) is 16.8. The summed E-state index contributed by atoms with van der Waals surface area (Å²) in [5.41, 5.74) is 7.52. The van der Waals surface area contributed by atoms with Crippen LogP contribution >= 0.6 is 0 Å². The molecule has 0 aromatic carbocycles. The Morgan fingerprint density at radius 1 is 0.448 bits per heavy atom. The van der Waals surface area contributed by atoms with Crippen molar-refractivity contribution in [3.8, 4) is 0 Å². The molecule has 0 N–H and O–H groups in total. The molecule has 3 saturated carbocycles. The third-order valence-electron chi connectivity index (χ3n) is 21.1. The first-order chi connectivity index (χ1) is 30.9. The number of fused-ring (bicyclic) bond motifs is 9. The van der Waals surface area contributed by atoms with Gasteiger partial charge in [-0.15, -0.1) is 0 Å². The van der Waals surface area contributed by atoms with Crippen molar-refractivity contribution >= 4 is 17.9 Å². The number of carboxylic acids is 3. The van der Waals surface area contributed by atoms with E-state index in [0.717, 1.165) is 77.0 Å². The molecule has 0 bridgehead atoms. The van der Waals surface area contributed by atoms with Crippen molar-refractivity contribution in [1.29, 1.82) is 0 Å². The molecule has 3 fully saturated rings. The van der Waals surface area contributed by atoms with Crippen LogP contribution in [-0.2, 0) is 31.7 Å². The molecule has 0 aliphatic heterocycles. The van der Waals surface area contributed by atoms with Crippen LogP contribution in [0.4, 0.5) is 0 Å². The van der Waals surface area contributed by atoms with Crippen LogP contribution in [0.2, 0.25) is 0 Å². The maximum Gasteiger partial charge on any atom is 3.00 e. The van der Waals surface area contributed by atoms with Gasteiger partial charge >= 0.3 is 17.4 Å². The number of carbonyl (C=O) groups is 3. The maximum absolute atomic E-state index is 11.8. The first kappa shape index (κ1) is 53.7. The van der Waals surface area contributed by atoms with E-state index in [1.807, 2.05) is 20.8 Å². The van der Waals surface area contributed by atoms with Gasteiger partial charge in [0.15, 0.2) is 0 Å². The average Bonchev–Trinajstić information content (AvgIpc) is 3.26. The zero-order chi connectivity index (χ0) is 48.4. The van der Waals surface area contributed by atoms with E-state index in [2.05, 4.69) is 98.8 Å². The topological polar surface area (TPSA) is 120 Å². The molecule has 0 amide bonds. The summed E-state index contributed by atoms with van der Waals surface area (Å²) in [6, 6.07) is 0. The minimum atomic E-state index is -0.838. The van der Waals surface area contributed by atoms with E-state index in [-0.39, 0.29) is 51.4 Å². The Hall–Kier alpha value is -2.62. The predicted octanol–water partition coefficient (Wildman–Crippen LogP) is 11.6. The summed E-state index contributed by atoms with van der Waals surface area (Å²) < 4.78 is 0. The number of carbonyl (C=O) groups excluding carboxylic acids is 3. The molecule has 0 saturated heterocycles. The molecule has 0 aromatic rings. The third kappa shape index (κ3) is 9.40. The zero-order valence-electron chi connectivity index (χ0n) is 43.7. The van der Waals surface area contributed by atoms with Crippen LogP contribution in [0, 0.1) is 85.8 Å². The molecule has 1 radical (unpaired) electrons. The Bertz CT molecular complexity index is 1870. The van der Waals surface area contributed by atoms with Crippen molar-refractivity contribution in [3.63, 3.8) is 0 Å². The monoisotopic (exact) mass is 956 g/mol. The molecule has 12 atom stereocenters. The van der Waals surface area contributed by atoms with E-state index >= 15 is 0 Å². The number of hydrogen-bond donors (Lipinski definition) is 0. The van der Waals surface area contributed by atoms with Crippen molar-refractivity contribution in [3.05, 3.63) is 69.9 Å². The van der Waals surface area contributed by atoms with Gasteiger partial charge in [0.05, 0.1) is 0 Å². The van der Waals surface area contributed by atoms with Crippen LogP contribution in [0.1, 0.15) is 199 Å². The van der Waals surface area contributed by atoms with E-state index in [1.165, 1.54) is 55.2 Å². The van der Waals surface area contributed by atoms with Crippen molar-refractivity contribution in [2.75, 3.05) is 0 Å². The van der Waals surface area contributed by atoms with Crippen molar-refractivity contribution in [1.82, 2.24) is 0 Å². The minimum Gasteiger partial charge on any atom is -0.550 e. The molecule has 0 spiro atoms. The number of allylic oxidation sites excluding steroid dienone is 12. The number of rotatable bonds is 6. The van der Waals surface area contributed by atoms with Gasteiger partial charge in [0.2, 0.25) is 0 Å². The van der Waals surface area contributed by atoms with E-state index in [9.17, 15) is 29.7 Å². The summed E-state index contributed by atoms with van der Waals surface area (Å²) >= 11 is 0. The van der Waals surface area contributed by atoms with Gasteiger partial charge in [-0.2, -0.15) is 0 Å². The van der Waals surface area contributed by atoms with E-state index in [4.69, 9.17) is 0 Å². The van der Waals surface area contributed by atoms with Crippen molar-refractivity contribution in [2.45, 2.75) is 199 Å². The summed E-state index contributed by atoms with van der Waals surface area (Å²) in [5.74, 6) is 1.61. The van der Waals surface area contributed by atoms with Crippen molar-refractivity contribution < 1.29 is 47.1 Å². The minimum absolute atomic E-state index is 0. The van der Waals surface area contributed by atoms with E-state index in [0.29, 0.717) is 35.5 Å². The molecule has 7 heteroatoms. The molecular formula is C60H87CrO6. The largest absolute Gasteiger partial charge is 3.00 e. The second kappa shape index (κ2) is 19.9. The SMILES string of the molecule is CC(C)C1=CC2=CCC3[C@](C)(C(=O)[O-])CCC[C@]3(C)[C@H]2CC1.CC(C)C1=CC2=CCC3[C@](C)(C(=O)[O-])CCC[C@]3(C)[C@H]2CC1.CC(C)C1=CC2=CCC3[C@](C)(C(=O)[O-])CCC[C@]3(C)[C@H]2CC1.[Cr+3]. The van der Waals surface area contributed by atoms with E-state index < -0.39 is 34.2 Å². The molecule has 0 aromatic heterocycles. The molecule has 9 rings (SSSR count). The Kier molecular flexibility index (Phi) is 15.9. The molecule has 9 aliphatic rings. The van der Waals surface area contributed by atoms with Crippen LogP contribution in [0.15, 0.2) is 69.9 Å². The maximum atomic E-state index is 11.8. The molecule has 0 heterocycles. The summed E-state index contributed by atoms with van der Waals surface area (Å²) in [4.78, 5) is 35.5. The van der Waals surface area contributed by atoms with Crippen LogP contribution in [0.25, 0.3) is 0 Å². The summed E-state index contributed by atoms with van der Waals surface area (Å²) in [6.07, 6.45) is 32.9. The number of hydrogen-bond acceptors (Lipinski definition) is 6. The fraction of sp³-hybridized carbons (Fsp3) is 0.750. The second-order valence-corrected chi connectivity index (χ2v) is 25.6. The van der Waals surface area contributed by atoms with Crippen LogP contribution in [-0.4, -0.2) is 17.9 Å². The van der Waals surface area contributed by atoms with Crippen molar-refractivity contribution in [2.24, 2.45) is 85.8 Å². The normalized spacial score (nSPS) is 40.7. The first-order valence-corrected chi connectivity index (χ1v) is 26.7. The fourth-order valence-corrected chi connectivity index (χ4v) is 16.8. The molecular weight excluding hydrogens is 869 g/mol. The van der Waals surface area contributed by atoms with Crippen LogP contribution < -0.4 is 15.3 Å². The molecule has 3 unspecified atom stereocenters. The third-order valence-corrected chi connectivity index (χ3v) is 21.1. The number of aliphatic carboxylic acids is 3. The Morgan fingerprint density at radius 2 is 0.687 bits per heavy atom. The molecule has 9 aliphatic carbocycles. The van der Waals surface area contributed by atoms with E-state index in [1.54, 1.807) is 16.7 Å². The van der Waals surface area contributed by atoms with Gasteiger partial charge in [-0.1, -0.05) is 156 Å². The molecule has 369 valence electrons. The summed E-state index contributed by atoms with van der Waals surface area (Å²) in [6.45, 7) is 26.5. The Labute approximate surface area is 417 Å².